The smallest absolute Gasteiger partial charge is 0.315 e. The second-order valence-corrected chi connectivity index (χ2v) is 5.80. The van der Waals surface area contributed by atoms with Gasteiger partial charge in [-0.3, -0.25) is 4.79 Å². The van der Waals surface area contributed by atoms with Gasteiger partial charge in [0.2, 0.25) is 0 Å². The molecular formula is C15H24N2O3. The van der Waals surface area contributed by atoms with Crippen LogP contribution in [0.15, 0.2) is 12.2 Å². The van der Waals surface area contributed by atoms with Gasteiger partial charge in [-0.25, -0.2) is 4.79 Å². The van der Waals surface area contributed by atoms with Gasteiger partial charge in [0, 0.05) is 12.6 Å². The molecule has 0 aromatic heterocycles. The number of ether oxygens (including phenoxy) is 1. The number of urea groups is 1. The summed E-state index contributed by atoms with van der Waals surface area (Å²) in [5.41, 5.74) is -0.529. The lowest BCUT2D eigenvalue weighted by atomic mass is 9.74. The van der Waals surface area contributed by atoms with Crippen molar-refractivity contribution in [1.29, 1.82) is 0 Å². The lowest BCUT2D eigenvalue weighted by molar-refractivity contribution is -0.154. The standard InChI is InChI=1S/C15H24N2O3/c1-20-13(18)15(9-5-2-6-10-15)11-16-14(19)17-12-7-3-4-8-12/h3-4,12H,2,5-11H2,1H3,(H2,16,17,19). The van der Waals surface area contributed by atoms with E-state index in [0.29, 0.717) is 6.54 Å². The Bertz CT molecular complexity index is 379. The number of methoxy groups -OCH3 is 1. The molecule has 0 aromatic rings. The van der Waals surface area contributed by atoms with Gasteiger partial charge >= 0.3 is 12.0 Å². The van der Waals surface area contributed by atoms with Gasteiger partial charge in [0.1, 0.15) is 0 Å². The largest absolute Gasteiger partial charge is 0.469 e. The number of hydrogen-bond acceptors (Lipinski definition) is 3. The highest BCUT2D eigenvalue weighted by Gasteiger charge is 2.40. The van der Waals surface area contributed by atoms with Crippen molar-refractivity contribution in [2.75, 3.05) is 13.7 Å². The van der Waals surface area contributed by atoms with E-state index in [1.165, 1.54) is 7.11 Å². The average molecular weight is 280 g/mol. The minimum absolute atomic E-state index is 0.187. The van der Waals surface area contributed by atoms with Crippen molar-refractivity contribution >= 4 is 12.0 Å². The highest BCUT2D eigenvalue weighted by molar-refractivity contribution is 5.79. The van der Waals surface area contributed by atoms with Gasteiger partial charge in [-0.1, -0.05) is 31.4 Å². The molecule has 20 heavy (non-hydrogen) atoms. The molecule has 0 unspecified atom stereocenters. The van der Waals surface area contributed by atoms with Crippen LogP contribution in [0.2, 0.25) is 0 Å². The summed E-state index contributed by atoms with van der Waals surface area (Å²) < 4.78 is 4.94. The van der Waals surface area contributed by atoms with E-state index < -0.39 is 5.41 Å². The summed E-state index contributed by atoms with van der Waals surface area (Å²) in [6.07, 6.45) is 10.7. The summed E-state index contributed by atoms with van der Waals surface area (Å²) in [7, 11) is 1.42. The highest BCUT2D eigenvalue weighted by Crippen LogP contribution is 2.36. The molecule has 0 aliphatic heterocycles. The molecule has 1 fully saturated rings. The first-order valence-electron chi connectivity index (χ1n) is 7.44. The van der Waals surface area contributed by atoms with E-state index in [4.69, 9.17) is 4.74 Å². The molecule has 5 nitrogen and oxygen atoms in total. The van der Waals surface area contributed by atoms with Crippen molar-refractivity contribution in [2.45, 2.75) is 51.0 Å². The Hall–Kier alpha value is -1.52. The Kier molecular flexibility index (Phi) is 5.04. The zero-order valence-electron chi connectivity index (χ0n) is 12.1. The van der Waals surface area contributed by atoms with Crippen LogP contribution in [0.5, 0.6) is 0 Å². The normalized spacial score (nSPS) is 21.4. The Balaban J connectivity index is 1.84. The van der Waals surface area contributed by atoms with Crippen LogP contribution in [0.4, 0.5) is 4.79 Å². The molecule has 2 rings (SSSR count). The third-order valence-corrected chi connectivity index (χ3v) is 4.36. The van der Waals surface area contributed by atoms with E-state index in [9.17, 15) is 9.59 Å². The lowest BCUT2D eigenvalue weighted by Crippen LogP contribution is -2.49. The fourth-order valence-electron chi connectivity index (χ4n) is 3.12. The van der Waals surface area contributed by atoms with E-state index in [1.54, 1.807) is 0 Å². The summed E-state index contributed by atoms with van der Waals surface area (Å²) in [5, 5.41) is 5.78. The van der Waals surface area contributed by atoms with Gasteiger partial charge in [-0.05, 0) is 25.7 Å². The second kappa shape index (κ2) is 6.77. The Morgan fingerprint density at radius 2 is 1.85 bits per heavy atom. The fraction of sp³-hybridized carbons (Fsp3) is 0.733. The predicted octanol–water partition coefficient (Wildman–Crippen LogP) is 2.13. The number of nitrogens with one attached hydrogen (secondary N) is 2. The van der Waals surface area contributed by atoms with Gasteiger partial charge < -0.3 is 15.4 Å². The van der Waals surface area contributed by atoms with Gasteiger partial charge in [0.25, 0.3) is 0 Å². The molecule has 0 spiro atoms. The van der Waals surface area contributed by atoms with Gasteiger partial charge in [0.05, 0.1) is 12.5 Å². The maximum Gasteiger partial charge on any atom is 0.315 e. The zero-order chi connectivity index (χ0) is 14.4. The third-order valence-electron chi connectivity index (χ3n) is 4.36. The van der Waals surface area contributed by atoms with Gasteiger partial charge in [0.15, 0.2) is 0 Å². The Morgan fingerprint density at radius 3 is 2.45 bits per heavy atom. The van der Waals surface area contributed by atoms with Crippen molar-refractivity contribution in [3.63, 3.8) is 0 Å². The topological polar surface area (TPSA) is 67.4 Å². The first-order chi connectivity index (χ1) is 9.66. The molecule has 112 valence electrons. The fourth-order valence-corrected chi connectivity index (χ4v) is 3.12. The number of carbonyl (C=O) groups is 2. The first-order valence-corrected chi connectivity index (χ1v) is 7.44. The molecule has 0 atom stereocenters. The third kappa shape index (κ3) is 3.52. The molecule has 0 saturated heterocycles. The summed E-state index contributed by atoms with van der Waals surface area (Å²) >= 11 is 0. The average Bonchev–Trinajstić information content (AvgIpc) is 2.98. The Morgan fingerprint density at radius 1 is 1.20 bits per heavy atom. The minimum Gasteiger partial charge on any atom is -0.469 e. The monoisotopic (exact) mass is 280 g/mol. The van der Waals surface area contributed by atoms with Crippen molar-refractivity contribution in [2.24, 2.45) is 5.41 Å². The van der Waals surface area contributed by atoms with Gasteiger partial charge in [-0.15, -0.1) is 0 Å². The van der Waals surface area contributed by atoms with Crippen molar-refractivity contribution < 1.29 is 14.3 Å². The van der Waals surface area contributed by atoms with Crippen LogP contribution in [0, 0.1) is 5.41 Å². The van der Waals surface area contributed by atoms with Crippen LogP contribution in [0.1, 0.15) is 44.9 Å². The molecule has 1 saturated carbocycles. The molecule has 0 aromatic carbocycles. The number of esters is 1. The van der Waals surface area contributed by atoms with Crippen molar-refractivity contribution in [1.82, 2.24) is 10.6 Å². The molecule has 5 heteroatoms. The molecule has 2 aliphatic rings. The molecule has 2 amide bonds. The molecule has 2 aliphatic carbocycles. The van der Waals surface area contributed by atoms with Crippen molar-refractivity contribution in [3.05, 3.63) is 12.2 Å². The number of hydrogen-bond donors (Lipinski definition) is 2. The maximum absolute atomic E-state index is 12.0. The van der Waals surface area contributed by atoms with Crippen LogP contribution < -0.4 is 10.6 Å². The van der Waals surface area contributed by atoms with E-state index in [1.807, 2.05) is 0 Å². The SMILES string of the molecule is COC(=O)C1(CNC(=O)NC2CC=CC2)CCCCC1. The second-order valence-electron chi connectivity index (χ2n) is 5.80. The molecule has 0 radical (unpaired) electrons. The lowest BCUT2D eigenvalue weighted by Gasteiger charge is -2.34. The number of rotatable bonds is 4. The maximum atomic E-state index is 12.0. The molecule has 0 heterocycles. The molecule has 0 bridgehead atoms. The Labute approximate surface area is 120 Å². The number of carbonyl (C=O) groups excluding carboxylic acids is 2. The zero-order valence-corrected chi connectivity index (χ0v) is 12.1. The summed E-state index contributed by atoms with van der Waals surface area (Å²) in [4.78, 5) is 23.9. The quantitative estimate of drug-likeness (QED) is 0.612. The van der Waals surface area contributed by atoms with E-state index in [0.717, 1.165) is 44.9 Å². The first kappa shape index (κ1) is 14.9. The van der Waals surface area contributed by atoms with Crippen LogP contribution in [0.3, 0.4) is 0 Å². The van der Waals surface area contributed by atoms with Crippen LogP contribution in [-0.2, 0) is 9.53 Å². The number of amides is 2. The summed E-state index contributed by atoms with van der Waals surface area (Å²) in [5.74, 6) is -0.194. The van der Waals surface area contributed by atoms with Crippen LogP contribution in [-0.4, -0.2) is 31.7 Å². The summed E-state index contributed by atoms with van der Waals surface area (Å²) in [6, 6.07) is 0.00276. The van der Waals surface area contributed by atoms with Gasteiger partial charge in [-0.2, -0.15) is 0 Å². The highest BCUT2D eigenvalue weighted by atomic mass is 16.5. The van der Waals surface area contributed by atoms with Crippen molar-refractivity contribution in [3.8, 4) is 0 Å². The van der Waals surface area contributed by atoms with E-state index in [2.05, 4.69) is 22.8 Å². The van der Waals surface area contributed by atoms with E-state index in [-0.39, 0.29) is 18.0 Å². The molecular weight excluding hydrogens is 256 g/mol. The van der Waals surface area contributed by atoms with Crippen LogP contribution in [0.25, 0.3) is 0 Å². The molecule has 2 N–H and O–H groups in total. The predicted molar refractivity (Wildman–Crippen MR) is 76.2 cm³/mol. The van der Waals surface area contributed by atoms with Crippen LogP contribution >= 0.6 is 0 Å². The van der Waals surface area contributed by atoms with E-state index >= 15 is 0 Å². The minimum atomic E-state index is -0.529. The summed E-state index contributed by atoms with van der Waals surface area (Å²) in [6.45, 7) is 0.367.